The van der Waals surface area contributed by atoms with E-state index in [9.17, 15) is 35.1 Å². The number of carbonyl (C=O) groups is 2. The van der Waals surface area contributed by atoms with Gasteiger partial charge in [-0.3, -0.25) is 4.79 Å². The molecule has 0 spiro atoms. The normalized spacial score (nSPS) is 27.6. The molecule has 0 bridgehead atoms. The lowest BCUT2D eigenvalue weighted by Crippen LogP contribution is -2.60. The van der Waals surface area contributed by atoms with Crippen LogP contribution in [-0.2, 0) is 25.7 Å². The van der Waals surface area contributed by atoms with Gasteiger partial charge in [-0.2, -0.15) is 0 Å². The van der Waals surface area contributed by atoms with Crippen LogP contribution in [0.5, 0.6) is 5.75 Å². The molecule has 6 atom stereocenters. The number of aliphatic hydroxyl groups excluding tert-OH is 4. The average molecular weight is 458 g/mol. The number of hydrogen-bond acceptors (Lipinski definition) is 10. The van der Waals surface area contributed by atoms with E-state index in [0.29, 0.717) is 5.56 Å². The maximum absolute atomic E-state index is 12.3. The molecule has 0 aromatic heterocycles. The van der Waals surface area contributed by atoms with Gasteiger partial charge in [-0.25, -0.2) is 4.79 Å². The molecule has 1 saturated heterocycles. The topological polar surface area (TPSA) is 183 Å². The van der Waals surface area contributed by atoms with Crippen molar-refractivity contribution in [3.8, 4) is 5.75 Å². The average Bonchev–Trinajstić information content (AvgIpc) is 2.72. The summed E-state index contributed by atoms with van der Waals surface area (Å²) in [6, 6.07) is 6.01. The number of carboxylic acid groups (broad SMARTS) is 1. The van der Waals surface area contributed by atoms with E-state index in [1.54, 1.807) is 13.8 Å². The summed E-state index contributed by atoms with van der Waals surface area (Å²) in [6.45, 7) is 2.68. The summed E-state index contributed by atoms with van der Waals surface area (Å²) in [5, 5.41) is 58.3. The Hall–Kier alpha value is -2.28. The second-order valence-electron chi connectivity index (χ2n) is 8.24. The predicted octanol–water partition coefficient (Wildman–Crippen LogP) is -0.840. The van der Waals surface area contributed by atoms with Crippen molar-refractivity contribution in [2.24, 2.45) is 5.92 Å². The Morgan fingerprint density at radius 1 is 1.09 bits per heavy atom. The van der Waals surface area contributed by atoms with Crippen LogP contribution in [-0.4, -0.2) is 85.5 Å². The molecule has 1 aliphatic rings. The molecule has 11 nitrogen and oxygen atoms in total. The molecule has 1 aliphatic heterocycles. The fraction of sp³-hybridized carbons (Fsp3) is 0.619. The smallest absolute Gasteiger partial charge is 0.339 e. The summed E-state index contributed by atoms with van der Waals surface area (Å²) in [5.74, 6) is -2.26. The number of carboxylic acids is 1. The molecule has 32 heavy (non-hydrogen) atoms. The Morgan fingerprint density at radius 2 is 1.72 bits per heavy atom. The monoisotopic (exact) mass is 458 g/mol. The lowest BCUT2D eigenvalue weighted by molar-refractivity contribution is -0.277. The molecule has 1 aromatic carbocycles. The van der Waals surface area contributed by atoms with E-state index >= 15 is 0 Å². The Kier molecular flexibility index (Phi) is 8.96. The highest BCUT2D eigenvalue weighted by Gasteiger charge is 2.44. The lowest BCUT2D eigenvalue weighted by Gasteiger charge is -2.39. The van der Waals surface area contributed by atoms with Crippen molar-refractivity contribution >= 4 is 11.9 Å². The van der Waals surface area contributed by atoms with Gasteiger partial charge in [0.15, 0.2) is 5.60 Å². The molecule has 0 saturated carbocycles. The summed E-state index contributed by atoms with van der Waals surface area (Å²) in [7, 11) is 0. The van der Waals surface area contributed by atoms with Crippen molar-refractivity contribution in [1.29, 1.82) is 0 Å². The highest BCUT2D eigenvalue weighted by atomic mass is 16.7. The minimum absolute atomic E-state index is 0.0655. The largest absolute Gasteiger partial charge is 0.481 e. The van der Waals surface area contributed by atoms with Crippen molar-refractivity contribution in [1.82, 2.24) is 0 Å². The number of aliphatic carboxylic acids is 1. The van der Waals surface area contributed by atoms with Crippen LogP contribution >= 0.6 is 0 Å². The fourth-order valence-electron chi connectivity index (χ4n) is 3.40. The third kappa shape index (κ3) is 6.61. The van der Waals surface area contributed by atoms with Crippen LogP contribution in [0.4, 0.5) is 0 Å². The van der Waals surface area contributed by atoms with Gasteiger partial charge in [0.25, 0.3) is 0 Å². The van der Waals surface area contributed by atoms with Gasteiger partial charge in [0.2, 0.25) is 6.29 Å². The standard InChI is InChI=1S/C21H30O11/c1-11(2)7-21(29,8-15(23)24)20(28)30-10-12-3-5-13(6-4-12)31-19-18(27)17(26)16(25)14(9-22)32-19/h3-6,11,14,16-19,22,25-27,29H,7-10H2,1-2H3,(H,23,24). The van der Waals surface area contributed by atoms with E-state index in [-0.39, 0.29) is 24.7 Å². The first-order chi connectivity index (χ1) is 15.0. The zero-order valence-corrected chi connectivity index (χ0v) is 17.8. The van der Waals surface area contributed by atoms with Crippen molar-refractivity contribution in [3.63, 3.8) is 0 Å². The Morgan fingerprint density at radius 3 is 2.25 bits per heavy atom. The lowest BCUT2D eigenvalue weighted by atomic mass is 9.89. The molecule has 0 aliphatic carbocycles. The number of rotatable bonds is 10. The molecule has 1 heterocycles. The number of hydrogen-bond donors (Lipinski definition) is 6. The molecule has 11 heteroatoms. The molecule has 180 valence electrons. The third-order valence-corrected chi connectivity index (χ3v) is 4.96. The van der Waals surface area contributed by atoms with Crippen LogP contribution in [0.25, 0.3) is 0 Å². The fourth-order valence-corrected chi connectivity index (χ4v) is 3.40. The van der Waals surface area contributed by atoms with Crippen LogP contribution in [0, 0.1) is 5.92 Å². The predicted molar refractivity (Wildman–Crippen MR) is 107 cm³/mol. The van der Waals surface area contributed by atoms with Gasteiger partial charge in [-0.05, 0) is 30.0 Å². The maximum Gasteiger partial charge on any atom is 0.339 e. The first-order valence-electron chi connectivity index (χ1n) is 10.1. The van der Waals surface area contributed by atoms with Crippen LogP contribution in [0.2, 0.25) is 0 Å². The first kappa shape index (κ1) is 26.0. The molecule has 6 N–H and O–H groups in total. The van der Waals surface area contributed by atoms with Gasteiger partial charge in [-0.15, -0.1) is 0 Å². The summed E-state index contributed by atoms with van der Waals surface area (Å²) >= 11 is 0. The Labute approximate surface area is 184 Å². The van der Waals surface area contributed by atoms with E-state index in [0.717, 1.165) is 0 Å². The van der Waals surface area contributed by atoms with Crippen molar-refractivity contribution < 1.29 is 54.4 Å². The molecular weight excluding hydrogens is 428 g/mol. The highest BCUT2D eigenvalue weighted by Crippen LogP contribution is 2.26. The molecular formula is C21H30O11. The third-order valence-electron chi connectivity index (χ3n) is 4.96. The molecule has 0 radical (unpaired) electrons. The van der Waals surface area contributed by atoms with Crippen molar-refractivity contribution in [2.45, 2.75) is 69.6 Å². The SMILES string of the molecule is CC(C)CC(O)(CC(=O)O)C(=O)OCc1ccc(OC2OC(CO)C(O)C(O)C2O)cc1. The molecule has 2 rings (SSSR count). The van der Waals surface area contributed by atoms with Crippen LogP contribution in [0.15, 0.2) is 24.3 Å². The quantitative estimate of drug-likeness (QED) is 0.240. The second-order valence-corrected chi connectivity index (χ2v) is 8.24. The van der Waals surface area contributed by atoms with Gasteiger partial charge in [-0.1, -0.05) is 26.0 Å². The van der Waals surface area contributed by atoms with E-state index in [1.165, 1.54) is 24.3 Å². The van der Waals surface area contributed by atoms with E-state index in [1.807, 2.05) is 0 Å². The number of carbonyl (C=O) groups excluding carboxylic acids is 1. The molecule has 1 aromatic rings. The number of aliphatic hydroxyl groups is 5. The maximum atomic E-state index is 12.3. The van der Waals surface area contributed by atoms with Crippen molar-refractivity contribution in [2.75, 3.05) is 6.61 Å². The van der Waals surface area contributed by atoms with Gasteiger partial charge >= 0.3 is 11.9 Å². The van der Waals surface area contributed by atoms with Gasteiger partial charge in [0, 0.05) is 0 Å². The molecule has 1 fully saturated rings. The van der Waals surface area contributed by atoms with E-state index in [4.69, 9.17) is 19.3 Å². The Balaban J connectivity index is 1.97. The molecule has 0 amide bonds. The Bertz CT molecular complexity index is 764. The van der Waals surface area contributed by atoms with Crippen LogP contribution in [0.1, 0.15) is 32.3 Å². The van der Waals surface area contributed by atoms with Crippen LogP contribution in [0.3, 0.4) is 0 Å². The van der Waals surface area contributed by atoms with Crippen LogP contribution < -0.4 is 4.74 Å². The minimum atomic E-state index is -2.13. The summed E-state index contributed by atoms with van der Waals surface area (Å²) in [4.78, 5) is 23.3. The van der Waals surface area contributed by atoms with E-state index in [2.05, 4.69) is 0 Å². The van der Waals surface area contributed by atoms with Gasteiger partial charge < -0.3 is 44.8 Å². The minimum Gasteiger partial charge on any atom is -0.481 e. The van der Waals surface area contributed by atoms with E-state index < -0.39 is 61.3 Å². The van der Waals surface area contributed by atoms with Gasteiger partial charge in [0.05, 0.1) is 13.0 Å². The number of esters is 1. The zero-order chi connectivity index (χ0) is 24.1. The summed E-state index contributed by atoms with van der Waals surface area (Å²) in [6.07, 6.45) is -7.90. The number of ether oxygens (including phenoxy) is 3. The van der Waals surface area contributed by atoms with Crippen molar-refractivity contribution in [3.05, 3.63) is 29.8 Å². The highest BCUT2D eigenvalue weighted by molar-refractivity contribution is 5.85. The second kappa shape index (κ2) is 11.0. The summed E-state index contributed by atoms with van der Waals surface area (Å²) in [5.41, 5.74) is -1.62. The first-order valence-corrected chi connectivity index (χ1v) is 10.1. The molecule has 6 unspecified atom stereocenters. The summed E-state index contributed by atoms with van der Waals surface area (Å²) < 4.78 is 15.9. The number of benzene rings is 1. The zero-order valence-electron chi connectivity index (χ0n) is 17.8. The van der Waals surface area contributed by atoms with Gasteiger partial charge in [0.1, 0.15) is 36.8 Å².